The van der Waals surface area contributed by atoms with Crippen molar-refractivity contribution in [3.05, 3.63) is 175 Å². The predicted octanol–water partition coefficient (Wildman–Crippen LogP) is 12.2. The fraction of sp³-hybridized carbons (Fsp3) is 0.0638. The molecule has 7 aromatic carbocycles. The Morgan fingerprint density at radius 3 is 1.94 bits per heavy atom. The van der Waals surface area contributed by atoms with Gasteiger partial charge in [-0.25, -0.2) is 0 Å². The molecule has 0 radical (unpaired) electrons. The maximum atomic E-state index is 2.57. The fourth-order valence-electron chi connectivity index (χ4n) is 8.83. The molecule has 1 atom stereocenters. The normalized spacial score (nSPS) is 14.9. The van der Waals surface area contributed by atoms with E-state index in [0.29, 0.717) is 5.92 Å². The van der Waals surface area contributed by atoms with Crippen LogP contribution in [0.2, 0.25) is 0 Å². The molecule has 0 amide bonds. The summed E-state index contributed by atoms with van der Waals surface area (Å²) in [5.41, 5.74) is 16.8. The van der Waals surface area contributed by atoms with Crippen molar-refractivity contribution >= 4 is 49.1 Å². The topological polar surface area (TPSA) is 9.86 Å². The molecule has 49 heavy (non-hydrogen) atoms. The third-order valence-corrected chi connectivity index (χ3v) is 10.9. The van der Waals surface area contributed by atoms with E-state index in [1.54, 1.807) is 0 Å². The molecule has 2 nitrogen and oxygen atoms in total. The molecule has 3 heterocycles. The average molecular weight is 625 g/mol. The molecule has 0 saturated heterocycles. The number of hydrogen-bond donors (Lipinski definition) is 0. The first-order valence-corrected chi connectivity index (χ1v) is 17.3. The van der Waals surface area contributed by atoms with Gasteiger partial charge in [-0.2, -0.15) is 0 Å². The van der Waals surface area contributed by atoms with Crippen molar-refractivity contribution in [3.8, 4) is 33.6 Å². The Morgan fingerprint density at radius 1 is 0.490 bits per heavy atom. The summed E-state index contributed by atoms with van der Waals surface area (Å²) in [5, 5.41) is 6.46. The van der Waals surface area contributed by atoms with Crippen LogP contribution in [-0.2, 0) is 6.42 Å². The van der Waals surface area contributed by atoms with Gasteiger partial charge in [0.25, 0.3) is 0 Å². The monoisotopic (exact) mass is 624 g/mol. The molecule has 2 aliphatic rings. The van der Waals surface area contributed by atoms with Gasteiger partial charge >= 0.3 is 0 Å². The standard InChI is InChI=1S/C47H32N2/c1-29-23-41-36-16-8-7-15-35(36)38-25-30-11-5-6-12-31(30)28-46(38)49-45-22-20-33(27-40(45)42(24-29)47(41)49)32-19-21-44-39(26-32)37-17-9-10-18-43(37)48(44)34-13-3-2-4-14-34/h2-23,25-29H,24H2,1H3. The minimum atomic E-state index is 0.444. The van der Waals surface area contributed by atoms with E-state index < -0.39 is 0 Å². The Hall–Kier alpha value is -6.12. The minimum absolute atomic E-state index is 0.444. The Labute approximate surface area is 284 Å². The molecule has 1 aliphatic carbocycles. The lowest BCUT2D eigenvalue weighted by Gasteiger charge is -2.21. The molecule has 230 valence electrons. The summed E-state index contributed by atoms with van der Waals surface area (Å²) >= 11 is 0. The van der Waals surface area contributed by atoms with Crippen molar-refractivity contribution in [2.45, 2.75) is 13.3 Å². The number of hydrogen-bond acceptors (Lipinski definition) is 0. The van der Waals surface area contributed by atoms with Gasteiger partial charge in [-0.3, -0.25) is 0 Å². The van der Waals surface area contributed by atoms with Crippen LogP contribution in [0.3, 0.4) is 0 Å². The zero-order valence-corrected chi connectivity index (χ0v) is 27.2. The molecule has 2 aromatic heterocycles. The smallest absolute Gasteiger partial charge is 0.0576 e. The zero-order valence-electron chi connectivity index (χ0n) is 27.2. The van der Waals surface area contributed by atoms with Crippen LogP contribution in [-0.4, -0.2) is 9.13 Å². The highest BCUT2D eigenvalue weighted by molar-refractivity contribution is 6.11. The van der Waals surface area contributed by atoms with Gasteiger partial charge in [0.2, 0.25) is 0 Å². The fourth-order valence-corrected chi connectivity index (χ4v) is 8.83. The number of fused-ring (bicyclic) bond motifs is 12. The Kier molecular flexibility index (Phi) is 5.46. The van der Waals surface area contributed by atoms with E-state index in [0.717, 1.165) is 6.42 Å². The molecule has 11 rings (SSSR count). The van der Waals surface area contributed by atoms with E-state index >= 15 is 0 Å². The summed E-state index contributed by atoms with van der Waals surface area (Å²) in [6, 6.07) is 56.3. The van der Waals surface area contributed by atoms with Gasteiger partial charge in [0, 0.05) is 33.0 Å². The second-order valence-corrected chi connectivity index (χ2v) is 13.8. The first-order valence-electron chi connectivity index (χ1n) is 17.3. The van der Waals surface area contributed by atoms with Crippen LogP contribution in [0.25, 0.3) is 82.7 Å². The van der Waals surface area contributed by atoms with Crippen molar-refractivity contribution in [1.29, 1.82) is 0 Å². The highest BCUT2D eigenvalue weighted by Crippen LogP contribution is 2.49. The predicted molar refractivity (Wildman–Crippen MR) is 206 cm³/mol. The average Bonchev–Trinajstić information content (AvgIpc) is 3.62. The highest BCUT2D eigenvalue weighted by Gasteiger charge is 2.32. The number of allylic oxidation sites excluding steroid dienone is 1. The first kappa shape index (κ1) is 26.9. The maximum Gasteiger partial charge on any atom is 0.0576 e. The molecule has 0 saturated carbocycles. The maximum absolute atomic E-state index is 2.57. The molecule has 2 heteroatoms. The van der Waals surface area contributed by atoms with Crippen molar-refractivity contribution in [2.24, 2.45) is 5.92 Å². The molecular formula is C47H32N2. The van der Waals surface area contributed by atoms with Crippen molar-refractivity contribution in [1.82, 2.24) is 9.13 Å². The van der Waals surface area contributed by atoms with Crippen LogP contribution in [0.15, 0.2) is 158 Å². The molecule has 0 spiro atoms. The number of aromatic nitrogens is 2. The number of nitrogens with zero attached hydrogens (tertiary/aromatic N) is 2. The van der Waals surface area contributed by atoms with Crippen molar-refractivity contribution in [3.63, 3.8) is 0 Å². The number of benzene rings is 7. The van der Waals surface area contributed by atoms with Crippen LogP contribution in [0, 0.1) is 5.92 Å². The number of para-hydroxylation sites is 2. The molecular weight excluding hydrogens is 593 g/mol. The van der Waals surface area contributed by atoms with E-state index in [9.17, 15) is 0 Å². The van der Waals surface area contributed by atoms with Crippen LogP contribution < -0.4 is 0 Å². The second-order valence-electron chi connectivity index (χ2n) is 13.8. The second kappa shape index (κ2) is 9.95. The lowest BCUT2D eigenvalue weighted by Crippen LogP contribution is -2.09. The Bertz CT molecular complexity index is 2860. The van der Waals surface area contributed by atoms with Crippen LogP contribution >= 0.6 is 0 Å². The largest absolute Gasteiger partial charge is 0.309 e. The van der Waals surface area contributed by atoms with Crippen molar-refractivity contribution in [2.75, 3.05) is 0 Å². The van der Waals surface area contributed by atoms with Crippen LogP contribution in [0.1, 0.15) is 23.7 Å². The van der Waals surface area contributed by atoms with E-state index in [1.807, 2.05) is 0 Å². The van der Waals surface area contributed by atoms with E-state index in [-0.39, 0.29) is 0 Å². The highest BCUT2D eigenvalue weighted by atomic mass is 15.0. The summed E-state index contributed by atoms with van der Waals surface area (Å²) in [4.78, 5) is 0. The third-order valence-electron chi connectivity index (χ3n) is 10.9. The molecule has 0 fully saturated rings. The van der Waals surface area contributed by atoms with Gasteiger partial charge in [0.1, 0.15) is 0 Å². The van der Waals surface area contributed by atoms with Crippen molar-refractivity contribution < 1.29 is 0 Å². The van der Waals surface area contributed by atoms with Crippen LogP contribution in [0.5, 0.6) is 0 Å². The molecule has 1 aliphatic heterocycles. The summed E-state index contributed by atoms with van der Waals surface area (Å²) in [7, 11) is 0. The summed E-state index contributed by atoms with van der Waals surface area (Å²) in [6.07, 6.45) is 3.54. The SMILES string of the molecule is CC1C=C2c3ccccc3-c3cc4ccccc4cc3-n3c2c(c2cc(-c4ccc5c(c4)c4ccccc4n5-c4ccccc4)ccc23)C1. The zero-order chi connectivity index (χ0) is 32.2. The third kappa shape index (κ3) is 3.77. The summed E-state index contributed by atoms with van der Waals surface area (Å²) in [5.74, 6) is 0.444. The number of rotatable bonds is 2. The lowest BCUT2D eigenvalue weighted by molar-refractivity contribution is 0.714. The van der Waals surface area contributed by atoms with E-state index in [1.165, 1.54) is 99.5 Å². The summed E-state index contributed by atoms with van der Waals surface area (Å²) in [6.45, 7) is 2.37. The lowest BCUT2D eigenvalue weighted by atomic mass is 9.83. The molecule has 9 aromatic rings. The van der Waals surface area contributed by atoms with Gasteiger partial charge in [-0.05, 0) is 106 Å². The van der Waals surface area contributed by atoms with Gasteiger partial charge in [-0.15, -0.1) is 0 Å². The Balaban J connectivity index is 1.17. The van der Waals surface area contributed by atoms with E-state index in [2.05, 4.69) is 174 Å². The Morgan fingerprint density at radius 2 is 1.12 bits per heavy atom. The minimum Gasteiger partial charge on any atom is -0.309 e. The summed E-state index contributed by atoms with van der Waals surface area (Å²) < 4.78 is 4.96. The molecule has 1 unspecified atom stereocenters. The molecule has 0 N–H and O–H groups in total. The quantitative estimate of drug-likeness (QED) is 0.181. The van der Waals surface area contributed by atoms with Crippen LogP contribution in [0.4, 0.5) is 0 Å². The first-order chi connectivity index (χ1) is 24.2. The van der Waals surface area contributed by atoms with E-state index in [4.69, 9.17) is 0 Å². The van der Waals surface area contributed by atoms with Gasteiger partial charge in [0.15, 0.2) is 0 Å². The van der Waals surface area contributed by atoms with Gasteiger partial charge in [-0.1, -0.05) is 110 Å². The van der Waals surface area contributed by atoms with Gasteiger partial charge < -0.3 is 9.13 Å². The van der Waals surface area contributed by atoms with Gasteiger partial charge in [0.05, 0.1) is 27.9 Å². The molecule has 0 bridgehead atoms.